The SMILES string of the molecule is NCCc1ccc(Oc2ccccc2C(N)=O)cc1. The van der Waals surface area contributed by atoms with Crippen LogP contribution in [0.4, 0.5) is 0 Å². The molecule has 4 heteroatoms. The summed E-state index contributed by atoms with van der Waals surface area (Å²) >= 11 is 0. The molecule has 2 aromatic rings. The van der Waals surface area contributed by atoms with Crippen LogP contribution in [0.1, 0.15) is 15.9 Å². The third-order valence-electron chi connectivity index (χ3n) is 2.74. The quantitative estimate of drug-likeness (QED) is 0.859. The van der Waals surface area contributed by atoms with Crippen LogP contribution < -0.4 is 16.2 Å². The Hall–Kier alpha value is -2.33. The number of carbonyl (C=O) groups is 1. The minimum atomic E-state index is -0.504. The number of hydrogen-bond donors (Lipinski definition) is 2. The summed E-state index contributed by atoms with van der Waals surface area (Å²) in [5, 5.41) is 0. The van der Waals surface area contributed by atoms with E-state index in [1.54, 1.807) is 24.3 Å². The first-order valence-electron chi connectivity index (χ1n) is 6.06. The van der Waals surface area contributed by atoms with E-state index in [-0.39, 0.29) is 0 Å². The second-order valence-electron chi connectivity index (χ2n) is 4.15. The van der Waals surface area contributed by atoms with Crippen molar-refractivity contribution < 1.29 is 9.53 Å². The molecule has 19 heavy (non-hydrogen) atoms. The molecule has 2 rings (SSSR count). The van der Waals surface area contributed by atoms with Crippen molar-refractivity contribution in [2.45, 2.75) is 6.42 Å². The van der Waals surface area contributed by atoms with Crippen molar-refractivity contribution in [3.63, 3.8) is 0 Å². The molecule has 4 nitrogen and oxygen atoms in total. The molecule has 0 aliphatic rings. The van der Waals surface area contributed by atoms with E-state index in [0.29, 0.717) is 23.6 Å². The lowest BCUT2D eigenvalue weighted by molar-refractivity contribution is 0.0998. The van der Waals surface area contributed by atoms with Gasteiger partial charge in [-0.25, -0.2) is 0 Å². The summed E-state index contributed by atoms with van der Waals surface area (Å²) in [4.78, 5) is 11.3. The highest BCUT2D eigenvalue weighted by molar-refractivity contribution is 5.95. The number of benzene rings is 2. The third-order valence-corrected chi connectivity index (χ3v) is 2.74. The maximum atomic E-state index is 11.3. The van der Waals surface area contributed by atoms with Crippen LogP contribution >= 0.6 is 0 Å². The number of carbonyl (C=O) groups excluding carboxylic acids is 1. The molecular formula is C15H16N2O2. The summed E-state index contributed by atoms with van der Waals surface area (Å²) in [5.74, 6) is 0.617. The second kappa shape index (κ2) is 6.02. The summed E-state index contributed by atoms with van der Waals surface area (Å²) in [6.07, 6.45) is 0.832. The fraction of sp³-hybridized carbons (Fsp3) is 0.133. The zero-order valence-corrected chi connectivity index (χ0v) is 10.5. The Morgan fingerprint density at radius 3 is 2.37 bits per heavy atom. The van der Waals surface area contributed by atoms with Gasteiger partial charge in [-0.2, -0.15) is 0 Å². The Bertz CT molecular complexity index is 565. The normalized spacial score (nSPS) is 10.2. The monoisotopic (exact) mass is 256 g/mol. The minimum absolute atomic E-state index is 0.369. The number of para-hydroxylation sites is 1. The Morgan fingerprint density at radius 2 is 1.74 bits per heavy atom. The molecule has 0 radical (unpaired) electrons. The number of amides is 1. The number of hydrogen-bond acceptors (Lipinski definition) is 3. The van der Waals surface area contributed by atoms with E-state index in [2.05, 4.69) is 0 Å². The largest absolute Gasteiger partial charge is 0.457 e. The lowest BCUT2D eigenvalue weighted by Gasteiger charge is -2.09. The molecule has 2 aromatic carbocycles. The summed E-state index contributed by atoms with van der Waals surface area (Å²) in [6.45, 7) is 0.616. The Kier molecular flexibility index (Phi) is 4.15. The zero-order chi connectivity index (χ0) is 13.7. The molecule has 0 aliphatic carbocycles. The van der Waals surface area contributed by atoms with Crippen molar-refractivity contribution in [1.29, 1.82) is 0 Å². The predicted molar refractivity (Wildman–Crippen MR) is 74.2 cm³/mol. The Balaban J connectivity index is 2.19. The standard InChI is InChI=1S/C15H16N2O2/c16-10-9-11-5-7-12(8-6-11)19-14-4-2-1-3-13(14)15(17)18/h1-8H,9-10,16H2,(H2,17,18). The molecule has 0 bridgehead atoms. The molecule has 0 heterocycles. The molecule has 0 fully saturated rings. The Labute approximate surface area is 112 Å². The lowest BCUT2D eigenvalue weighted by Crippen LogP contribution is -2.11. The highest BCUT2D eigenvalue weighted by atomic mass is 16.5. The van der Waals surface area contributed by atoms with Gasteiger partial charge < -0.3 is 16.2 Å². The van der Waals surface area contributed by atoms with Gasteiger partial charge in [-0.3, -0.25) is 4.79 Å². The van der Waals surface area contributed by atoms with E-state index < -0.39 is 5.91 Å². The Morgan fingerprint density at radius 1 is 1.05 bits per heavy atom. The van der Waals surface area contributed by atoms with Crippen LogP contribution in [0.2, 0.25) is 0 Å². The average Bonchev–Trinajstić information content (AvgIpc) is 2.42. The maximum absolute atomic E-state index is 11.3. The summed E-state index contributed by atoms with van der Waals surface area (Å²) in [5.41, 5.74) is 12.3. The maximum Gasteiger partial charge on any atom is 0.252 e. The van der Waals surface area contributed by atoms with E-state index in [9.17, 15) is 4.79 Å². The fourth-order valence-corrected chi connectivity index (χ4v) is 1.78. The highest BCUT2D eigenvalue weighted by Gasteiger charge is 2.08. The summed E-state index contributed by atoms with van der Waals surface area (Å²) in [6, 6.07) is 14.5. The molecule has 4 N–H and O–H groups in total. The van der Waals surface area contributed by atoms with Gasteiger partial charge in [0.25, 0.3) is 5.91 Å². The first-order valence-corrected chi connectivity index (χ1v) is 6.06. The lowest BCUT2D eigenvalue weighted by atomic mass is 10.1. The zero-order valence-electron chi connectivity index (χ0n) is 10.5. The van der Waals surface area contributed by atoms with Gasteiger partial charge in [0.1, 0.15) is 11.5 Å². The van der Waals surface area contributed by atoms with E-state index in [1.165, 1.54) is 0 Å². The smallest absolute Gasteiger partial charge is 0.252 e. The first-order chi connectivity index (χ1) is 9.20. The van der Waals surface area contributed by atoms with Crippen molar-refractivity contribution in [3.05, 3.63) is 59.7 Å². The molecule has 0 aromatic heterocycles. The van der Waals surface area contributed by atoms with Crippen LogP contribution in [0.3, 0.4) is 0 Å². The molecule has 98 valence electrons. The fourth-order valence-electron chi connectivity index (χ4n) is 1.78. The van der Waals surface area contributed by atoms with Gasteiger partial charge in [-0.15, -0.1) is 0 Å². The van der Waals surface area contributed by atoms with E-state index in [1.807, 2.05) is 24.3 Å². The van der Waals surface area contributed by atoms with Crippen LogP contribution in [0.15, 0.2) is 48.5 Å². The second-order valence-corrected chi connectivity index (χ2v) is 4.15. The molecule has 0 unspecified atom stereocenters. The topological polar surface area (TPSA) is 78.3 Å². The van der Waals surface area contributed by atoms with E-state index in [4.69, 9.17) is 16.2 Å². The van der Waals surface area contributed by atoms with Crippen LogP contribution in [0, 0.1) is 0 Å². The van der Waals surface area contributed by atoms with Crippen molar-refractivity contribution in [2.75, 3.05) is 6.54 Å². The predicted octanol–water partition coefficient (Wildman–Crippen LogP) is 2.08. The molecular weight excluding hydrogens is 240 g/mol. The summed E-state index contributed by atoms with van der Waals surface area (Å²) in [7, 11) is 0. The van der Waals surface area contributed by atoms with E-state index >= 15 is 0 Å². The van der Waals surface area contributed by atoms with Crippen molar-refractivity contribution >= 4 is 5.91 Å². The van der Waals surface area contributed by atoms with Gasteiger partial charge >= 0.3 is 0 Å². The number of primary amides is 1. The van der Waals surface area contributed by atoms with Crippen LogP contribution in [0.5, 0.6) is 11.5 Å². The molecule has 0 saturated carbocycles. The van der Waals surface area contributed by atoms with Gasteiger partial charge in [-0.05, 0) is 42.8 Å². The number of ether oxygens (including phenoxy) is 1. The minimum Gasteiger partial charge on any atom is -0.457 e. The molecule has 0 atom stereocenters. The van der Waals surface area contributed by atoms with Crippen molar-refractivity contribution in [3.8, 4) is 11.5 Å². The van der Waals surface area contributed by atoms with Crippen molar-refractivity contribution in [1.82, 2.24) is 0 Å². The van der Waals surface area contributed by atoms with Gasteiger partial charge in [0.15, 0.2) is 0 Å². The average molecular weight is 256 g/mol. The summed E-state index contributed by atoms with van der Waals surface area (Å²) < 4.78 is 5.67. The third kappa shape index (κ3) is 3.33. The van der Waals surface area contributed by atoms with Gasteiger partial charge in [0.05, 0.1) is 5.56 Å². The molecule has 0 saturated heterocycles. The van der Waals surface area contributed by atoms with Crippen molar-refractivity contribution in [2.24, 2.45) is 11.5 Å². The van der Waals surface area contributed by atoms with Gasteiger partial charge in [0.2, 0.25) is 0 Å². The van der Waals surface area contributed by atoms with Gasteiger partial charge in [0, 0.05) is 0 Å². The number of nitrogens with two attached hydrogens (primary N) is 2. The molecule has 0 spiro atoms. The van der Waals surface area contributed by atoms with Crippen LogP contribution in [0.25, 0.3) is 0 Å². The van der Waals surface area contributed by atoms with Crippen LogP contribution in [-0.4, -0.2) is 12.5 Å². The van der Waals surface area contributed by atoms with E-state index in [0.717, 1.165) is 12.0 Å². The van der Waals surface area contributed by atoms with Gasteiger partial charge in [-0.1, -0.05) is 24.3 Å². The number of rotatable bonds is 5. The van der Waals surface area contributed by atoms with Crippen LogP contribution in [-0.2, 0) is 6.42 Å². The molecule has 0 aliphatic heterocycles. The molecule has 1 amide bonds. The highest BCUT2D eigenvalue weighted by Crippen LogP contribution is 2.25. The first kappa shape index (κ1) is 13.1.